The highest BCUT2D eigenvalue weighted by molar-refractivity contribution is 6.25. The van der Waals surface area contributed by atoms with Crippen LogP contribution in [0.25, 0.3) is 87.2 Å². The molecule has 0 aromatic heterocycles. The van der Waals surface area contributed by atoms with Crippen molar-refractivity contribution in [3.8, 4) is 33.4 Å². The van der Waals surface area contributed by atoms with E-state index in [4.69, 9.17) is 0 Å². The molecule has 47 heavy (non-hydrogen) atoms. The third-order valence-corrected chi connectivity index (χ3v) is 10.8. The maximum Gasteiger partial charge on any atom is 0.0171 e. The normalized spacial score (nSPS) is 13.5. The van der Waals surface area contributed by atoms with Crippen LogP contribution in [0.3, 0.4) is 0 Å². The van der Waals surface area contributed by atoms with E-state index in [9.17, 15) is 0 Å². The van der Waals surface area contributed by atoms with Crippen LogP contribution < -0.4 is 0 Å². The maximum atomic E-state index is 2.42. The number of benzene rings is 9. The fraction of sp³-hybridized carbons (Fsp3) is 0.0638. The van der Waals surface area contributed by atoms with Crippen molar-refractivity contribution in [2.45, 2.75) is 19.3 Å². The van der Waals surface area contributed by atoms with Crippen LogP contribution >= 0.6 is 0 Å². The third-order valence-electron chi connectivity index (χ3n) is 10.8. The van der Waals surface area contributed by atoms with Gasteiger partial charge in [0, 0.05) is 5.41 Å². The summed E-state index contributed by atoms with van der Waals surface area (Å²) in [5, 5.41) is 13.0. The lowest BCUT2D eigenvalue weighted by molar-refractivity contribution is 0.668. The predicted molar refractivity (Wildman–Crippen MR) is 202 cm³/mol. The van der Waals surface area contributed by atoms with Gasteiger partial charge in [0.2, 0.25) is 0 Å². The zero-order valence-electron chi connectivity index (χ0n) is 26.5. The lowest BCUT2D eigenvalue weighted by Gasteiger charge is -2.27. The molecule has 0 spiro atoms. The molecule has 0 amide bonds. The van der Waals surface area contributed by atoms with E-state index in [1.54, 1.807) is 0 Å². The van der Waals surface area contributed by atoms with Crippen LogP contribution in [0, 0.1) is 0 Å². The van der Waals surface area contributed by atoms with Gasteiger partial charge in [-0.25, -0.2) is 0 Å². The molecule has 0 heterocycles. The minimum absolute atomic E-state index is 0.167. The van der Waals surface area contributed by atoms with Crippen molar-refractivity contribution in [1.82, 2.24) is 0 Å². The summed E-state index contributed by atoms with van der Waals surface area (Å²) in [7, 11) is 0. The first kappa shape index (κ1) is 26.5. The molecule has 0 bridgehead atoms. The Morgan fingerprint density at radius 1 is 0.277 bits per heavy atom. The average Bonchev–Trinajstić information content (AvgIpc) is 3.37. The van der Waals surface area contributed by atoms with Gasteiger partial charge >= 0.3 is 0 Å². The Bertz CT molecular complexity index is 2700. The first-order valence-corrected chi connectivity index (χ1v) is 16.6. The van der Waals surface area contributed by atoms with Gasteiger partial charge in [-0.05, 0) is 98.4 Å². The molecule has 0 nitrogen and oxygen atoms in total. The Morgan fingerprint density at radius 2 is 0.723 bits per heavy atom. The molecule has 0 atom stereocenters. The van der Waals surface area contributed by atoms with Gasteiger partial charge in [0.05, 0.1) is 0 Å². The van der Waals surface area contributed by atoms with E-state index in [0.717, 1.165) is 0 Å². The summed E-state index contributed by atoms with van der Waals surface area (Å²) in [4.78, 5) is 0. The molecule has 0 saturated heterocycles. The quantitative estimate of drug-likeness (QED) is 0.138. The van der Waals surface area contributed by atoms with Crippen LogP contribution in [0.1, 0.15) is 25.0 Å². The molecule has 9 aromatic rings. The van der Waals surface area contributed by atoms with Gasteiger partial charge in [0.15, 0.2) is 0 Å². The first-order valence-electron chi connectivity index (χ1n) is 16.6. The van der Waals surface area contributed by atoms with E-state index in [1.807, 2.05) is 0 Å². The SMILES string of the molecule is CC1(C)c2c(cccc2-c2c3ccccc3c(-c3cccc4c3ccc3ccccc34)c3ccccc23)-c2ccc3ccccc3c21. The smallest absolute Gasteiger partial charge is 0.0171 e. The lowest BCUT2D eigenvalue weighted by atomic mass is 9.75. The Hall–Kier alpha value is -5.72. The maximum absolute atomic E-state index is 2.42. The van der Waals surface area contributed by atoms with Gasteiger partial charge in [-0.3, -0.25) is 0 Å². The van der Waals surface area contributed by atoms with E-state index in [1.165, 1.54) is 98.4 Å². The van der Waals surface area contributed by atoms with Crippen molar-refractivity contribution >= 4 is 53.9 Å². The van der Waals surface area contributed by atoms with E-state index in [2.05, 4.69) is 172 Å². The summed E-state index contributed by atoms with van der Waals surface area (Å²) in [6.07, 6.45) is 0. The molecule has 1 aliphatic rings. The summed E-state index contributed by atoms with van der Waals surface area (Å²) < 4.78 is 0. The minimum atomic E-state index is -0.167. The molecular weight excluding hydrogens is 565 g/mol. The Labute approximate surface area is 274 Å². The van der Waals surface area contributed by atoms with Crippen molar-refractivity contribution < 1.29 is 0 Å². The molecule has 0 radical (unpaired) electrons. The van der Waals surface area contributed by atoms with Crippen LogP contribution in [-0.4, -0.2) is 0 Å². The van der Waals surface area contributed by atoms with Gasteiger partial charge in [0.1, 0.15) is 0 Å². The molecule has 0 heteroatoms. The zero-order valence-corrected chi connectivity index (χ0v) is 26.5. The molecule has 0 unspecified atom stereocenters. The van der Waals surface area contributed by atoms with Crippen molar-refractivity contribution in [2.75, 3.05) is 0 Å². The van der Waals surface area contributed by atoms with Gasteiger partial charge in [-0.15, -0.1) is 0 Å². The van der Waals surface area contributed by atoms with Crippen LogP contribution in [0.4, 0.5) is 0 Å². The van der Waals surface area contributed by atoms with Gasteiger partial charge in [-0.1, -0.05) is 172 Å². The predicted octanol–water partition coefficient (Wildman–Crippen LogP) is 13.1. The van der Waals surface area contributed by atoms with Crippen molar-refractivity contribution in [2.24, 2.45) is 0 Å². The lowest BCUT2D eigenvalue weighted by Crippen LogP contribution is -2.17. The van der Waals surface area contributed by atoms with Gasteiger partial charge in [-0.2, -0.15) is 0 Å². The Kier molecular flexibility index (Phi) is 5.44. The van der Waals surface area contributed by atoms with Crippen molar-refractivity contribution in [3.63, 3.8) is 0 Å². The Balaban J connectivity index is 1.32. The minimum Gasteiger partial charge on any atom is -0.0616 e. The second kappa shape index (κ2) is 9.64. The summed E-state index contributed by atoms with van der Waals surface area (Å²) in [6.45, 7) is 4.85. The third kappa shape index (κ3) is 3.59. The molecule has 0 saturated carbocycles. The summed E-state index contributed by atoms with van der Waals surface area (Å²) in [5.74, 6) is 0. The van der Waals surface area contributed by atoms with Crippen LogP contribution in [0.5, 0.6) is 0 Å². The summed E-state index contributed by atoms with van der Waals surface area (Å²) in [5.41, 5.74) is 10.7. The van der Waals surface area contributed by atoms with E-state index in [0.29, 0.717) is 0 Å². The van der Waals surface area contributed by atoms with Crippen LogP contribution in [0.2, 0.25) is 0 Å². The summed E-state index contributed by atoms with van der Waals surface area (Å²) >= 11 is 0. The molecule has 0 fully saturated rings. The fourth-order valence-corrected chi connectivity index (χ4v) is 8.92. The number of hydrogen-bond donors (Lipinski definition) is 0. The largest absolute Gasteiger partial charge is 0.0616 e. The highest BCUT2D eigenvalue weighted by Crippen LogP contribution is 2.56. The fourth-order valence-electron chi connectivity index (χ4n) is 8.92. The van der Waals surface area contributed by atoms with E-state index >= 15 is 0 Å². The Morgan fingerprint density at radius 3 is 1.40 bits per heavy atom. The molecular formula is C47H32. The monoisotopic (exact) mass is 596 g/mol. The zero-order chi connectivity index (χ0) is 31.3. The molecule has 10 rings (SSSR count). The number of hydrogen-bond acceptors (Lipinski definition) is 0. The average molecular weight is 597 g/mol. The molecule has 1 aliphatic carbocycles. The second-order valence-corrected chi connectivity index (χ2v) is 13.6. The highest BCUT2D eigenvalue weighted by Gasteiger charge is 2.39. The topological polar surface area (TPSA) is 0 Å². The number of rotatable bonds is 2. The molecule has 220 valence electrons. The van der Waals surface area contributed by atoms with Crippen LogP contribution in [-0.2, 0) is 5.41 Å². The van der Waals surface area contributed by atoms with Crippen LogP contribution in [0.15, 0.2) is 158 Å². The molecule has 0 N–H and O–H groups in total. The standard InChI is InChI=1S/C47H32/c1-47(2)45-32-16-6-4-14-30(32)26-28-41(45)40-23-12-24-42(46(40)47)44-38-19-9-7-17-36(38)43(37-18-8-10-20-39(37)44)35-22-11-21-33-31-15-5-3-13-29(31)25-27-34(33)35/h3-28H,1-2H3. The number of fused-ring (bicyclic) bond motifs is 10. The molecule has 0 aliphatic heterocycles. The van der Waals surface area contributed by atoms with Gasteiger partial charge in [0.25, 0.3) is 0 Å². The summed E-state index contributed by atoms with van der Waals surface area (Å²) in [6, 6.07) is 58.8. The first-order chi connectivity index (χ1) is 23.1. The van der Waals surface area contributed by atoms with E-state index in [-0.39, 0.29) is 5.41 Å². The van der Waals surface area contributed by atoms with Crippen molar-refractivity contribution in [1.29, 1.82) is 0 Å². The molecule has 9 aromatic carbocycles. The van der Waals surface area contributed by atoms with Gasteiger partial charge < -0.3 is 0 Å². The second-order valence-electron chi connectivity index (χ2n) is 13.6. The van der Waals surface area contributed by atoms with Crippen molar-refractivity contribution in [3.05, 3.63) is 169 Å². The highest BCUT2D eigenvalue weighted by atomic mass is 14.4. The van der Waals surface area contributed by atoms with E-state index < -0.39 is 0 Å².